The van der Waals surface area contributed by atoms with Crippen LogP contribution in [0.2, 0.25) is 0 Å². The van der Waals surface area contributed by atoms with Crippen molar-refractivity contribution in [3.8, 4) is 0 Å². The van der Waals surface area contributed by atoms with Crippen LogP contribution in [0.1, 0.15) is 13.8 Å². The van der Waals surface area contributed by atoms with Gasteiger partial charge in [-0.05, 0) is 20.4 Å². The molecule has 0 aliphatic heterocycles. The standard InChI is InChI=1S/C9H18N2O2/c1-7(2)11(4)9(13-6)10-8(3)12-5/h7H,3H2,1-2,4-6H3. The molecule has 4 heteroatoms. The van der Waals surface area contributed by atoms with E-state index in [2.05, 4.69) is 11.6 Å². The SMILES string of the molecule is C=C(N=C(OC)N(C)C(C)C)OC. The largest absolute Gasteiger partial charge is 0.481 e. The number of methoxy groups -OCH3 is 2. The van der Waals surface area contributed by atoms with Crippen LogP contribution in [0.15, 0.2) is 17.5 Å². The van der Waals surface area contributed by atoms with Gasteiger partial charge >= 0.3 is 0 Å². The van der Waals surface area contributed by atoms with Gasteiger partial charge in [0.25, 0.3) is 6.02 Å². The highest BCUT2D eigenvalue weighted by molar-refractivity contribution is 5.74. The molecule has 0 radical (unpaired) electrons. The lowest BCUT2D eigenvalue weighted by atomic mass is 10.4. The third-order valence-corrected chi connectivity index (χ3v) is 1.71. The molecule has 0 aliphatic carbocycles. The fourth-order valence-electron chi connectivity index (χ4n) is 0.642. The number of amidine groups is 1. The van der Waals surface area contributed by atoms with Gasteiger partial charge < -0.3 is 14.4 Å². The minimum absolute atomic E-state index is 0.323. The first-order chi connectivity index (χ1) is 6.02. The number of aliphatic imine (C=N–C) groups is 1. The molecular weight excluding hydrogens is 168 g/mol. The molecule has 0 saturated heterocycles. The van der Waals surface area contributed by atoms with E-state index in [0.29, 0.717) is 17.9 Å². The van der Waals surface area contributed by atoms with E-state index in [1.54, 1.807) is 7.11 Å². The summed E-state index contributed by atoms with van der Waals surface area (Å²) in [7, 11) is 4.99. The molecule has 0 spiro atoms. The molecule has 0 aromatic heterocycles. The molecule has 0 aromatic rings. The first-order valence-electron chi connectivity index (χ1n) is 4.11. The molecule has 0 saturated carbocycles. The van der Waals surface area contributed by atoms with Gasteiger partial charge in [0.15, 0.2) is 0 Å². The number of nitrogens with zero attached hydrogens (tertiary/aromatic N) is 2. The predicted molar refractivity (Wildman–Crippen MR) is 53.5 cm³/mol. The molecule has 76 valence electrons. The Balaban J connectivity index is 4.49. The Hall–Kier alpha value is -1.19. The number of hydrogen-bond acceptors (Lipinski definition) is 3. The Morgan fingerprint density at radius 1 is 1.31 bits per heavy atom. The number of ether oxygens (including phenoxy) is 2. The van der Waals surface area contributed by atoms with Crippen molar-refractivity contribution in [3.63, 3.8) is 0 Å². The van der Waals surface area contributed by atoms with Crippen molar-refractivity contribution in [1.29, 1.82) is 0 Å². The van der Waals surface area contributed by atoms with Gasteiger partial charge in [-0.1, -0.05) is 0 Å². The molecule has 0 aromatic carbocycles. The molecule has 0 N–H and O–H groups in total. The van der Waals surface area contributed by atoms with Gasteiger partial charge in [-0.3, -0.25) is 0 Å². The molecule has 0 rings (SSSR count). The van der Waals surface area contributed by atoms with Gasteiger partial charge in [0, 0.05) is 13.1 Å². The van der Waals surface area contributed by atoms with Crippen molar-refractivity contribution in [1.82, 2.24) is 4.90 Å². The monoisotopic (exact) mass is 186 g/mol. The summed E-state index contributed by atoms with van der Waals surface area (Å²) in [5, 5.41) is 0. The third kappa shape index (κ3) is 3.83. The second-order valence-corrected chi connectivity index (χ2v) is 2.90. The molecule has 0 heterocycles. The maximum Gasteiger partial charge on any atom is 0.295 e. The molecule has 0 unspecified atom stereocenters. The normalized spacial score (nSPS) is 11.4. The van der Waals surface area contributed by atoms with Crippen LogP contribution in [0, 0.1) is 0 Å². The van der Waals surface area contributed by atoms with Gasteiger partial charge in [0.05, 0.1) is 14.2 Å². The van der Waals surface area contributed by atoms with Crippen molar-refractivity contribution in [2.75, 3.05) is 21.3 Å². The molecule has 0 fully saturated rings. The second kappa shape index (κ2) is 5.45. The Kier molecular flexibility index (Phi) is 4.96. The topological polar surface area (TPSA) is 34.1 Å². The first kappa shape index (κ1) is 11.8. The second-order valence-electron chi connectivity index (χ2n) is 2.90. The van der Waals surface area contributed by atoms with E-state index in [-0.39, 0.29) is 0 Å². The summed E-state index contributed by atoms with van der Waals surface area (Å²) in [6, 6.07) is 0.824. The zero-order valence-electron chi connectivity index (χ0n) is 9.00. The molecular formula is C9H18N2O2. The fourth-order valence-corrected chi connectivity index (χ4v) is 0.642. The van der Waals surface area contributed by atoms with Crippen molar-refractivity contribution in [2.24, 2.45) is 4.99 Å². The number of hydrogen-bond donors (Lipinski definition) is 0. The van der Waals surface area contributed by atoms with Crippen LogP contribution < -0.4 is 0 Å². The lowest BCUT2D eigenvalue weighted by Gasteiger charge is -2.23. The van der Waals surface area contributed by atoms with Crippen LogP contribution in [-0.2, 0) is 9.47 Å². The van der Waals surface area contributed by atoms with E-state index in [1.165, 1.54) is 7.11 Å². The van der Waals surface area contributed by atoms with Crippen LogP contribution in [0.5, 0.6) is 0 Å². The van der Waals surface area contributed by atoms with Crippen molar-refractivity contribution in [3.05, 3.63) is 12.5 Å². The summed E-state index contributed by atoms with van der Waals surface area (Å²) in [6.07, 6.45) is 0. The maximum atomic E-state index is 5.08. The summed E-state index contributed by atoms with van der Waals surface area (Å²) in [4.78, 5) is 5.93. The van der Waals surface area contributed by atoms with Crippen LogP contribution in [0.3, 0.4) is 0 Å². The van der Waals surface area contributed by atoms with Gasteiger partial charge in [-0.15, -0.1) is 0 Å². The zero-order chi connectivity index (χ0) is 10.4. The van der Waals surface area contributed by atoms with Gasteiger partial charge in [0.1, 0.15) is 0 Å². The van der Waals surface area contributed by atoms with E-state index in [0.717, 1.165) is 0 Å². The predicted octanol–water partition coefficient (Wildman–Crippen LogP) is 1.45. The molecule has 0 aliphatic rings. The fraction of sp³-hybridized carbons (Fsp3) is 0.667. The van der Waals surface area contributed by atoms with E-state index in [4.69, 9.17) is 9.47 Å². The third-order valence-electron chi connectivity index (χ3n) is 1.71. The average Bonchev–Trinajstić information content (AvgIpc) is 2.12. The summed E-state index contributed by atoms with van der Waals surface area (Å²) in [5.74, 6) is 0.337. The summed E-state index contributed by atoms with van der Waals surface area (Å²) >= 11 is 0. The van der Waals surface area contributed by atoms with Crippen LogP contribution in [0.4, 0.5) is 0 Å². The molecule has 0 bridgehead atoms. The smallest absolute Gasteiger partial charge is 0.295 e. The summed E-state index contributed by atoms with van der Waals surface area (Å²) < 4.78 is 9.90. The minimum atomic E-state index is 0.323. The quantitative estimate of drug-likeness (QED) is 0.380. The molecule has 0 amide bonds. The Labute approximate surface area is 79.9 Å². The summed E-state index contributed by atoms with van der Waals surface area (Å²) in [5.41, 5.74) is 0. The van der Waals surface area contributed by atoms with Crippen molar-refractivity contribution >= 4 is 6.02 Å². The lowest BCUT2D eigenvalue weighted by molar-refractivity contribution is 0.258. The Bertz CT molecular complexity index is 200. The summed E-state index contributed by atoms with van der Waals surface area (Å²) in [6.45, 7) is 7.68. The van der Waals surface area contributed by atoms with E-state index in [1.807, 2.05) is 25.8 Å². The Morgan fingerprint density at radius 2 is 1.85 bits per heavy atom. The van der Waals surface area contributed by atoms with Crippen molar-refractivity contribution in [2.45, 2.75) is 19.9 Å². The number of rotatable bonds is 3. The zero-order valence-corrected chi connectivity index (χ0v) is 9.00. The van der Waals surface area contributed by atoms with Gasteiger partial charge in [-0.2, -0.15) is 4.99 Å². The van der Waals surface area contributed by atoms with Gasteiger partial charge in [0.2, 0.25) is 5.88 Å². The van der Waals surface area contributed by atoms with Crippen LogP contribution in [-0.4, -0.2) is 38.2 Å². The van der Waals surface area contributed by atoms with Crippen molar-refractivity contribution < 1.29 is 9.47 Å². The average molecular weight is 186 g/mol. The van der Waals surface area contributed by atoms with E-state index >= 15 is 0 Å². The highest BCUT2D eigenvalue weighted by Crippen LogP contribution is 2.01. The maximum absolute atomic E-state index is 5.08. The lowest BCUT2D eigenvalue weighted by Crippen LogP contribution is -2.34. The van der Waals surface area contributed by atoms with Gasteiger partial charge in [-0.25, -0.2) is 0 Å². The highest BCUT2D eigenvalue weighted by Gasteiger charge is 2.10. The Morgan fingerprint density at radius 3 is 2.15 bits per heavy atom. The van der Waals surface area contributed by atoms with Crippen LogP contribution in [0.25, 0.3) is 0 Å². The highest BCUT2D eigenvalue weighted by atomic mass is 16.5. The first-order valence-corrected chi connectivity index (χ1v) is 4.11. The van der Waals surface area contributed by atoms with E-state index < -0.39 is 0 Å². The minimum Gasteiger partial charge on any atom is -0.481 e. The van der Waals surface area contributed by atoms with Crippen LogP contribution >= 0.6 is 0 Å². The van der Waals surface area contributed by atoms with E-state index in [9.17, 15) is 0 Å². The molecule has 0 atom stereocenters. The molecule has 13 heavy (non-hydrogen) atoms. The molecule has 4 nitrogen and oxygen atoms in total.